The van der Waals surface area contributed by atoms with Crippen molar-refractivity contribution in [3.8, 4) is 0 Å². The van der Waals surface area contributed by atoms with Crippen molar-refractivity contribution in [2.24, 2.45) is 11.7 Å². The summed E-state index contributed by atoms with van der Waals surface area (Å²) in [6.45, 7) is 2.38. The van der Waals surface area contributed by atoms with E-state index in [9.17, 15) is 4.79 Å². The van der Waals surface area contributed by atoms with E-state index in [0.29, 0.717) is 6.54 Å². The summed E-state index contributed by atoms with van der Waals surface area (Å²) >= 11 is 0. The summed E-state index contributed by atoms with van der Waals surface area (Å²) in [5.41, 5.74) is 5.83. The summed E-state index contributed by atoms with van der Waals surface area (Å²) in [5, 5.41) is 3.15. The lowest BCUT2D eigenvalue weighted by molar-refractivity contribution is 0.179. The van der Waals surface area contributed by atoms with Gasteiger partial charge in [-0.2, -0.15) is 0 Å². The minimum atomic E-state index is 0.103. The number of amides is 2. The van der Waals surface area contributed by atoms with Crippen molar-refractivity contribution in [1.29, 1.82) is 0 Å². The van der Waals surface area contributed by atoms with Gasteiger partial charge in [0.25, 0.3) is 0 Å². The molecule has 0 aromatic carbocycles. The van der Waals surface area contributed by atoms with Gasteiger partial charge in [0.2, 0.25) is 0 Å². The first-order valence-electron chi connectivity index (χ1n) is 8.05. The summed E-state index contributed by atoms with van der Waals surface area (Å²) in [6.07, 6.45) is 11.3. The zero-order chi connectivity index (χ0) is 13.5. The highest BCUT2D eigenvalue weighted by atomic mass is 16.2. The second kappa shape index (κ2) is 7.73. The monoisotopic (exact) mass is 267 g/mol. The van der Waals surface area contributed by atoms with Crippen molar-refractivity contribution in [3.63, 3.8) is 0 Å². The third-order valence-corrected chi connectivity index (χ3v) is 4.60. The topological polar surface area (TPSA) is 58.4 Å². The van der Waals surface area contributed by atoms with Crippen LogP contribution in [0.5, 0.6) is 0 Å². The molecule has 2 aliphatic rings. The Labute approximate surface area is 117 Å². The SMILES string of the molecule is NCC(CC1CCCCC1)NC(=O)N1CCCCC1. The molecule has 19 heavy (non-hydrogen) atoms. The van der Waals surface area contributed by atoms with Crippen LogP contribution in [0.4, 0.5) is 4.79 Å². The molecule has 2 rings (SSSR count). The van der Waals surface area contributed by atoms with Gasteiger partial charge >= 0.3 is 6.03 Å². The number of hydrogen-bond donors (Lipinski definition) is 2. The Morgan fingerprint density at radius 1 is 1.11 bits per heavy atom. The van der Waals surface area contributed by atoms with Gasteiger partial charge in [0.05, 0.1) is 0 Å². The van der Waals surface area contributed by atoms with E-state index in [0.717, 1.165) is 38.3 Å². The molecule has 1 atom stereocenters. The fraction of sp³-hybridized carbons (Fsp3) is 0.933. The highest BCUT2D eigenvalue weighted by Gasteiger charge is 2.22. The molecule has 0 aromatic rings. The quantitative estimate of drug-likeness (QED) is 0.822. The lowest BCUT2D eigenvalue weighted by atomic mass is 9.85. The Morgan fingerprint density at radius 3 is 2.37 bits per heavy atom. The number of carbonyl (C=O) groups is 1. The van der Waals surface area contributed by atoms with E-state index in [1.807, 2.05) is 4.90 Å². The first-order valence-corrected chi connectivity index (χ1v) is 8.05. The van der Waals surface area contributed by atoms with Gasteiger partial charge in [0.15, 0.2) is 0 Å². The number of urea groups is 1. The van der Waals surface area contributed by atoms with E-state index in [-0.39, 0.29) is 12.1 Å². The number of carbonyl (C=O) groups excluding carboxylic acids is 1. The molecule has 1 heterocycles. The van der Waals surface area contributed by atoms with Crippen molar-refractivity contribution in [3.05, 3.63) is 0 Å². The third kappa shape index (κ3) is 4.68. The van der Waals surface area contributed by atoms with Crippen LogP contribution in [0.15, 0.2) is 0 Å². The van der Waals surface area contributed by atoms with Crippen LogP contribution in [0.3, 0.4) is 0 Å². The summed E-state index contributed by atoms with van der Waals surface area (Å²) in [7, 11) is 0. The number of hydrogen-bond acceptors (Lipinski definition) is 2. The highest BCUT2D eigenvalue weighted by Crippen LogP contribution is 2.27. The molecule has 0 bridgehead atoms. The molecule has 2 fully saturated rings. The minimum absolute atomic E-state index is 0.103. The lowest BCUT2D eigenvalue weighted by Gasteiger charge is -2.31. The molecule has 4 heteroatoms. The maximum Gasteiger partial charge on any atom is 0.317 e. The molecule has 1 saturated carbocycles. The maximum absolute atomic E-state index is 12.2. The molecule has 0 radical (unpaired) electrons. The highest BCUT2D eigenvalue weighted by molar-refractivity contribution is 5.74. The molecule has 1 unspecified atom stereocenters. The fourth-order valence-corrected chi connectivity index (χ4v) is 3.40. The zero-order valence-corrected chi connectivity index (χ0v) is 12.1. The average Bonchev–Trinajstić information content (AvgIpc) is 2.48. The number of likely N-dealkylation sites (tertiary alicyclic amines) is 1. The standard InChI is InChI=1S/C15H29N3O/c16-12-14(11-13-7-3-1-4-8-13)17-15(19)18-9-5-2-6-10-18/h13-14H,1-12,16H2,(H,17,19). The summed E-state index contributed by atoms with van der Waals surface area (Å²) in [4.78, 5) is 14.1. The van der Waals surface area contributed by atoms with E-state index in [1.54, 1.807) is 0 Å². The Hall–Kier alpha value is -0.770. The Morgan fingerprint density at radius 2 is 1.74 bits per heavy atom. The van der Waals surface area contributed by atoms with Crippen LogP contribution in [0.1, 0.15) is 57.8 Å². The molecule has 4 nitrogen and oxygen atoms in total. The third-order valence-electron chi connectivity index (χ3n) is 4.60. The summed E-state index contributed by atoms with van der Waals surface area (Å²) in [5.74, 6) is 0.768. The molecule has 0 spiro atoms. The van der Waals surface area contributed by atoms with Gasteiger partial charge in [0.1, 0.15) is 0 Å². The van der Waals surface area contributed by atoms with Gasteiger partial charge in [0, 0.05) is 25.7 Å². The number of rotatable bonds is 4. The Bertz CT molecular complexity index is 271. The van der Waals surface area contributed by atoms with Crippen LogP contribution >= 0.6 is 0 Å². The van der Waals surface area contributed by atoms with Crippen molar-refractivity contribution in [2.75, 3.05) is 19.6 Å². The molecule has 0 aromatic heterocycles. The van der Waals surface area contributed by atoms with Crippen molar-refractivity contribution in [1.82, 2.24) is 10.2 Å². The van der Waals surface area contributed by atoms with E-state index in [2.05, 4.69) is 5.32 Å². The number of piperidine rings is 1. The molecular formula is C15H29N3O. The van der Waals surface area contributed by atoms with Gasteiger partial charge in [-0.1, -0.05) is 32.1 Å². The molecule has 3 N–H and O–H groups in total. The van der Waals surface area contributed by atoms with Crippen LogP contribution in [-0.4, -0.2) is 36.6 Å². The number of nitrogens with two attached hydrogens (primary N) is 1. The normalized spacial score (nSPS) is 23.1. The van der Waals surface area contributed by atoms with Crippen LogP contribution in [0.25, 0.3) is 0 Å². The zero-order valence-electron chi connectivity index (χ0n) is 12.1. The van der Waals surface area contributed by atoms with Crippen molar-refractivity contribution >= 4 is 6.03 Å². The molecular weight excluding hydrogens is 238 g/mol. The average molecular weight is 267 g/mol. The van der Waals surface area contributed by atoms with Crippen molar-refractivity contribution < 1.29 is 4.79 Å². The Kier molecular flexibility index (Phi) is 5.95. The van der Waals surface area contributed by atoms with Gasteiger partial charge in [-0.3, -0.25) is 0 Å². The summed E-state index contributed by atoms with van der Waals surface area (Å²) < 4.78 is 0. The predicted molar refractivity (Wildman–Crippen MR) is 78.0 cm³/mol. The Balaban J connectivity index is 1.75. The first-order chi connectivity index (χ1) is 9.29. The van der Waals surface area contributed by atoms with E-state index < -0.39 is 0 Å². The molecule has 2 amide bonds. The van der Waals surface area contributed by atoms with Crippen LogP contribution in [0.2, 0.25) is 0 Å². The van der Waals surface area contributed by atoms with Gasteiger partial charge in [-0.05, 0) is 31.6 Å². The molecule has 1 aliphatic heterocycles. The molecule has 110 valence electrons. The lowest BCUT2D eigenvalue weighted by Crippen LogP contribution is -2.49. The van der Waals surface area contributed by atoms with Crippen LogP contribution < -0.4 is 11.1 Å². The molecule has 1 saturated heterocycles. The van der Waals surface area contributed by atoms with E-state index in [4.69, 9.17) is 5.73 Å². The van der Waals surface area contributed by atoms with E-state index in [1.165, 1.54) is 38.5 Å². The van der Waals surface area contributed by atoms with Gasteiger partial charge in [-0.25, -0.2) is 4.79 Å². The summed E-state index contributed by atoms with van der Waals surface area (Å²) in [6, 6.07) is 0.267. The van der Waals surface area contributed by atoms with Crippen LogP contribution in [-0.2, 0) is 0 Å². The van der Waals surface area contributed by atoms with E-state index >= 15 is 0 Å². The predicted octanol–water partition coefficient (Wildman–Crippen LogP) is 2.48. The second-order valence-corrected chi connectivity index (χ2v) is 6.17. The smallest absolute Gasteiger partial charge is 0.317 e. The minimum Gasteiger partial charge on any atom is -0.334 e. The van der Waals surface area contributed by atoms with Crippen molar-refractivity contribution in [2.45, 2.75) is 63.8 Å². The largest absolute Gasteiger partial charge is 0.334 e. The first kappa shape index (κ1) is 14.6. The fourth-order valence-electron chi connectivity index (χ4n) is 3.40. The van der Waals surface area contributed by atoms with Gasteiger partial charge < -0.3 is 16.0 Å². The second-order valence-electron chi connectivity index (χ2n) is 6.17. The molecule has 1 aliphatic carbocycles. The number of nitrogens with zero attached hydrogens (tertiary/aromatic N) is 1. The maximum atomic E-state index is 12.2. The van der Waals surface area contributed by atoms with Crippen LogP contribution in [0, 0.1) is 5.92 Å². The number of nitrogens with one attached hydrogen (secondary N) is 1. The van der Waals surface area contributed by atoms with Gasteiger partial charge in [-0.15, -0.1) is 0 Å².